The fraction of sp³-hybridized carbons (Fsp3) is 0.481. The van der Waals surface area contributed by atoms with Crippen molar-refractivity contribution in [3.05, 3.63) is 58.9 Å². The Morgan fingerprint density at radius 1 is 1.15 bits per heavy atom. The van der Waals surface area contributed by atoms with E-state index in [1.165, 1.54) is 5.69 Å². The summed E-state index contributed by atoms with van der Waals surface area (Å²) in [5, 5.41) is 12.6. The fourth-order valence-corrected chi connectivity index (χ4v) is 4.77. The minimum atomic E-state index is -0.327. The maximum atomic E-state index is 12.8. The molecule has 1 aromatic heterocycles. The molecule has 3 rings (SSSR count). The Hall–Kier alpha value is -3.08. The zero-order chi connectivity index (χ0) is 24.7. The fourth-order valence-electron chi connectivity index (χ4n) is 4.77. The monoisotopic (exact) mass is 463 g/mol. The molecule has 182 valence electrons. The number of ether oxygens (including phenoxy) is 1. The van der Waals surface area contributed by atoms with Gasteiger partial charge in [0, 0.05) is 63.0 Å². The van der Waals surface area contributed by atoms with E-state index >= 15 is 0 Å². The van der Waals surface area contributed by atoms with E-state index in [1.54, 1.807) is 13.2 Å². The molecular weight excluding hydrogens is 426 g/mol. The summed E-state index contributed by atoms with van der Waals surface area (Å²) in [5.74, 6) is -0.327. The minimum Gasteiger partial charge on any atom is -0.383 e. The van der Waals surface area contributed by atoms with Crippen molar-refractivity contribution in [3.8, 4) is 6.07 Å². The maximum absolute atomic E-state index is 12.8. The van der Waals surface area contributed by atoms with Crippen LogP contribution in [0.4, 0.5) is 5.69 Å². The lowest BCUT2D eigenvalue weighted by Gasteiger charge is -2.39. The summed E-state index contributed by atoms with van der Waals surface area (Å²) in [4.78, 5) is 17.6. The number of methoxy groups -OCH3 is 1. The smallest absolute Gasteiger partial charge is 0.262 e. The second kappa shape index (κ2) is 11.9. The highest BCUT2D eigenvalue weighted by atomic mass is 16.5. The summed E-state index contributed by atoms with van der Waals surface area (Å²) in [5.41, 5.74) is 4.36. The molecule has 1 aromatic carbocycles. The van der Waals surface area contributed by atoms with E-state index in [4.69, 9.17) is 4.74 Å². The van der Waals surface area contributed by atoms with Gasteiger partial charge in [-0.1, -0.05) is 18.2 Å². The number of nitrogens with zero attached hydrogens (tertiary/aromatic N) is 4. The van der Waals surface area contributed by atoms with Crippen LogP contribution in [0.25, 0.3) is 6.08 Å². The van der Waals surface area contributed by atoms with E-state index in [1.807, 2.05) is 26.0 Å². The number of rotatable bonds is 9. The number of aryl methyl sites for hydroxylation is 1. The first kappa shape index (κ1) is 25.5. The Morgan fingerprint density at radius 2 is 1.82 bits per heavy atom. The Labute approximate surface area is 203 Å². The maximum Gasteiger partial charge on any atom is 0.262 e. The molecule has 1 fully saturated rings. The van der Waals surface area contributed by atoms with Crippen LogP contribution in [0.5, 0.6) is 0 Å². The second-order valence-electron chi connectivity index (χ2n) is 9.09. The highest BCUT2D eigenvalue weighted by Crippen LogP contribution is 2.23. The van der Waals surface area contributed by atoms with Crippen molar-refractivity contribution in [2.24, 2.45) is 0 Å². The van der Waals surface area contributed by atoms with Gasteiger partial charge in [0.05, 0.1) is 12.6 Å². The predicted octanol–water partition coefficient (Wildman–Crippen LogP) is 3.55. The standard InChI is InChI=1S/C27H37N5O2/c1-20-15-24(23(4)32(20)22(3)19-34-5)16-25(17-28)27(33)29-18-21(2)30-11-13-31(14-12-30)26-9-7-6-8-10-26/h6-10,15-16,21-22H,11-14,18-19H2,1-5H3,(H,29,33)/b25-16-. The molecular formula is C27H37N5O2. The molecule has 2 unspecified atom stereocenters. The van der Waals surface area contributed by atoms with Crippen molar-refractivity contribution in [2.75, 3.05) is 51.3 Å². The molecule has 0 spiro atoms. The van der Waals surface area contributed by atoms with Gasteiger partial charge in [-0.15, -0.1) is 0 Å². The highest BCUT2D eigenvalue weighted by molar-refractivity contribution is 6.01. The van der Waals surface area contributed by atoms with Crippen molar-refractivity contribution >= 4 is 17.7 Å². The van der Waals surface area contributed by atoms with Crippen molar-refractivity contribution in [1.82, 2.24) is 14.8 Å². The van der Waals surface area contributed by atoms with Crippen molar-refractivity contribution < 1.29 is 9.53 Å². The van der Waals surface area contributed by atoms with Gasteiger partial charge in [0.15, 0.2) is 0 Å². The molecule has 7 nitrogen and oxygen atoms in total. The summed E-state index contributed by atoms with van der Waals surface area (Å²) < 4.78 is 7.47. The van der Waals surface area contributed by atoms with Crippen LogP contribution in [0.2, 0.25) is 0 Å². The van der Waals surface area contributed by atoms with Crippen molar-refractivity contribution in [1.29, 1.82) is 5.26 Å². The van der Waals surface area contributed by atoms with Gasteiger partial charge >= 0.3 is 0 Å². The summed E-state index contributed by atoms with van der Waals surface area (Å²) in [6, 6.07) is 14.9. The Morgan fingerprint density at radius 3 is 2.44 bits per heavy atom. The van der Waals surface area contributed by atoms with Gasteiger partial charge in [-0.2, -0.15) is 5.26 Å². The van der Waals surface area contributed by atoms with Gasteiger partial charge < -0.3 is 19.5 Å². The normalized spacial score (nSPS) is 16.7. The third-order valence-electron chi connectivity index (χ3n) is 6.65. The predicted molar refractivity (Wildman–Crippen MR) is 137 cm³/mol. The number of anilines is 1. The van der Waals surface area contributed by atoms with Crippen LogP contribution < -0.4 is 10.2 Å². The number of hydrogen-bond donors (Lipinski definition) is 1. The van der Waals surface area contributed by atoms with E-state index in [-0.39, 0.29) is 23.6 Å². The molecule has 0 radical (unpaired) electrons. The molecule has 0 aliphatic carbocycles. The molecule has 0 bridgehead atoms. The molecule has 1 saturated heterocycles. The number of nitriles is 1. The number of nitrogens with one attached hydrogen (secondary N) is 1. The van der Waals surface area contributed by atoms with Crippen LogP contribution >= 0.6 is 0 Å². The van der Waals surface area contributed by atoms with E-state index in [2.05, 4.69) is 63.9 Å². The van der Waals surface area contributed by atoms with Crippen molar-refractivity contribution in [2.45, 2.75) is 39.8 Å². The summed E-state index contributed by atoms with van der Waals surface area (Å²) in [6.07, 6.45) is 1.69. The second-order valence-corrected chi connectivity index (χ2v) is 9.09. The summed E-state index contributed by atoms with van der Waals surface area (Å²) in [7, 11) is 1.69. The molecule has 2 aromatic rings. The third-order valence-corrected chi connectivity index (χ3v) is 6.65. The third kappa shape index (κ3) is 6.07. The van der Waals surface area contributed by atoms with Crippen molar-refractivity contribution in [3.63, 3.8) is 0 Å². The first-order chi connectivity index (χ1) is 16.3. The van der Waals surface area contributed by atoms with Gasteiger partial charge in [-0.3, -0.25) is 9.69 Å². The molecule has 1 amide bonds. The number of aromatic nitrogens is 1. The number of para-hydroxylation sites is 1. The molecule has 34 heavy (non-hydrogen) atoms. The van der Waals surface area contributed by atoms with E-state index in [9.17, 15) is 10.1 Å². The lowest BCUT2D eigenvalue weighted by molar-refractivity contribution is -0.117. The number of hydrogen-bond acceptors (Lipinski definition) is 5. The lowest BCUT2D eigenvalue weighted by Crippen LogP contribution is -2.52. The zero-order valence-corrected chi connectivity index (χ0v) is 21.0. The number of piperazine rings is 1. The lowest BCUT2D eigenvalue weighted by atomic mass is 10.1. The Kier molecular flexibility index (Phi) is 8.91. The van der Waals surface area contributed by atoms with Gasteiger partial charge in [0.25, 0.3) is 5.91 Å². The zero-order valence-electron chi connectivity index (χ0n) is 21.0. The van der Waals surface area contributed by atoms with E-state index in [0.29, 0.717) is 13.2 Å². The Balaban J connectivity index is 1.57. The van der Waals surface area contributed by atoms with Gasteiger partial charge in [-0.05, 0) is 57.5 Å². The molecule has 1 aliphatic heterocycles. The van der Waals surface area contributed by atoms with Crippen LogP contribution in [-0.4, -0.2) is 67.9 Å². The molecule has 1 aliphatic rings. The van der Waals surface area contributed by atoms with Gasteiger partial charge in [0.1, 0.15) is 11.6 Å². The summed E-state index contributed by atoms with van der Waals surface area (Å²) in [6.45, 7) is 13.2. The van der Waals surface area contributed by atoms with Gasteiger partial charge in [-0.25, -0.2) is 0 Å². The van der Waals surface area contributed by atoms with Crippen LogP contribution in [0.3, 0.4) is 0 Å². The first-order valence-corrected chi connectivity index (χ1v) is 12.0. The number of carbonyl (C=O) groups excluding carboxylic acids is 1. The molecule has 2 atom stereocenters. The Bertz CT molecular complexity index is 1030. The first-order valence-electron chi connectivity index (χ1n) is 12.0. The summed E-state index contributed by atoms with van der Waals surface area (Å²) >= 11 is 0. The van der Waals surface area contributed by atoms with Crippen LogP contribution in [0.15, 0.2) is 42.0 Å². The molecule has 7 heteroatoms. The number of carbonyl (C=O) groups is 1. The quantitative estimate of drug-likeness (QED) is 0.455. The number of amides is 1. The van der Waals surface area contributed by atoms with E-state index < -0.39 is 0 Å². The highest BCUT2D eigenvalue weighted by Gasteiger charge is 2.22. The molecule has 1 N–H and O–H groups in total. The average Bonchev–Trinajstić information content (AvgIpc) is 3.14. The van der Waals surface area contributed by atoms with Crippen LogP contribution in [0.1, 0.15) is 36.8 Å². The van der Waals surface area contributed by atoms with Gasteiger partial charge in [0.2, 0.25) is 0 Å². The average molecular weight is 464 g/mol. The SMILES string of the molecule is COCC(C)n1c(C)cc(/C=C(/C#N)C(=O)NCC(C)N2CCN(c3ccccc3)CC2)c1C. The van der Waals surface area contributed by atoms with Crippen LogP contribution in [0, 0.1) is 25.2 Å². The largest absolute Gasteiger partial charge is 0.383 e. The van der Waals surface area contributed by atoms with Crippen LogP contribution in [-0.2, 0) is 9.53 Å². The molecule has 0 saturated carbocycles. The topological polar surface area (TPSA) is 73.5 Å². The minimum absolute atomic E-state index is 0.126. The van der Waals surface area contributed by atoms with E-state index in [0.717, 1.165) is 43.1 Å². The number of benzene rings is 1. The molecule has 2 heterocycles.